The Hall–Kier alpha value is -0.620. The van der Waals surface area contributed by atoms with E-state index in [2.05, 4.69) is 0 Å². The molecule has 0 spiro atoms. The van der Waals surface area contributed by atoms with Crippen LogP contribution in [0, 0.1) is 11.8 Å². The van der Waals surface area contributed by atoms with E-state index in [4.69, 9.17) is 0 Å². The van der Waals surface area contributed by atoms with Crippen LogP contribution in [0.5, 0.6) is 0 Å². The summed E-state index contributed by atoms with van der Waals surface area (Å²) in [5.74, 6) is -0.0199. The topological polar surface area (TPSA) is 74.7 Å². The van der Waals surface area contributed by atoms with E-state index in [-0.39, 0.29) is 5.75 Å². The first-order valence-corrected chi connectivity index (χ1v) is 8.77. The lowest BCUT2D eigenvalue weighted by atomic mass is 9.90. The minimum atomic E-state index is -3.41. The molecule has 0 radical (unpaired) electrons. The maximum Gasteiger partial charge on any atom is 0.322 e. The van der Waals surface area contributed by atoms with Gasteiger partial charge < -0.3 is 5.11 Å². The number of hydrogen-bond donors (Lipinski definition) is 1. The Morgan fingerprint density at radius 3 is 2.47 bits per heavy atom. The van der Waals surface area contributed by atoms with Crippen LogP contribution in [0.25, 0.3) is 0 Å². The van der Waals surface area contributed by atoms with Crippen LogP contribution in [0.2, 0.25) is 0 Å². The number of hydrogen-bond acceptors (Lipinski definition) is 3. The first kappa shape index (κ1) is 14.8. The molecular weight excluding hydrogens is 266 g/mol. The average molecular weight is 289 g/mol. The smallest absolute Gasteiger partial charge is 0.322 e. The standard InChI is InChI=1S/C13H23NO4S/c1-2-10-5-7-14(12(9-10)13(15)16)19(17,18)8-6-11-3-4-11/h10-12H,2-9H2,1H3,(H,15,16). The van der Waals surface area contributed by atoms with Gasteiger partial charge in [0.25, 0.3) is 0 Å². The Labute approximate surface area is 115 Å². The van der Waals surface area contributed by atoms with Crippen LogP contribution >= 0.6 is 0 Å². The lowest BCUT2D eigenvalue weighted by Gasteiger charge is -2.35. The van der Waals surface area contributed by atoms with Gasteiger partial charge >= 0.3 is 5.97 Å². The number of rotatable bonds is 6. The van der Waals surface area contributed by atoms with Crippen molar-refractivity contribution in [1.29, 1.82) is 0 Å². The van der Waals surface area contributed by atoms with Gasteiger partial charge in [0.15, 0.2) is 0 Å². The molecule has 110 valence electrons. The third-order valence-electron chi connectivity index (χ3n) is 4.36. The Morgan fingerprint density at radius 1 is 1.26 bits per heavy atom. The van der Waals surface area contributed by atoms with Gasteiger partial charge in [-0.1, -0.05) is 26.2 Å². The molecule has 0 bridgehead atoms. The summed E-state index contributed by atoms with van der Waals surface area (Å²) in [6.45, 7) is 2.39. The van der Waals surface area contributed by atoms with Crippen molar-refractivity contribution in [3.8, 4) is 0 Å². The van der Waals surface area contributed by atoms with Crippen molar-refractivity contribution in [3.63, 3.8) is 0 Å². The highest BCUT2D eigenvalue weighted by Gasteiger charge is 2.39. The summed E-state index contributed by atoms with van der Waals surface area (Å²) in [4.78, 5) is 11.3. The normalized spacial score (nSPS) is 29.3. The van der Waals surface area contributed by atoms with Gasteiger partial charge in [0.05, 0.1) is 5.75 Å². The van der Waals surface area contributed by atoms with E-state index in [1.54, 1.807) is 0 Å². The molecule has 1 heterocycles. The Balaban J connectivity index is 2.04. The molecule has 1 N–H and O–H groups in total. The van der Waals surface area contributed by atoms with Crippen LogP contribution < -0.4 is 0 Å². The number of piperidine rings is 1. The monoisotopic (exact) mass is 289 g/mol. The number of carboxylic acid groups (broad SMARTS) is 1. The van der Waals surface area contributed by atoms with E-state index in [1.807, 2.05) is 6.92 Å². The lowest BCUT2D eigenvalue weighted by molar-refractivity contribution is -0.143. The highest BCUT2D eigenvalue weighted by molar-refractivity contribution is 7.89. The van der Waals surface area contributed by atoms with Crippen LogP contribution in [-0.4, -0.2) is 42.1 Å². The van der Waals surface area contributed by atoms with Gasteiger partial charge in [-0.25, -0.2) is 8.42 Å². The van der Waals surface area contributed by atoms with Crippen LogP contribution in [0.15, 0.2) is 0 Å². The molecule has 0 aromatic heterocycles. The zero-order chi connectivity index (χ0) is 14.0. The highest BCUT2D eigenvalue weighted by Crippen LogP contribution is 2.34. The molecule has 5 nitrogen and oxygen atoms in total. The maximum atomic E-state index is 12.3. The number of sulfonamides is 1. The molecule has 0 aromatic rings. The van der Waals surface area contributed by atoms with E-state index in [0.29, 0.717) is 31.2 Å². The number of nitrogens with zero attached hydrogens (tertiary/aromatic N) is 1. The first-order chi connectivity index (χ1) is 8.94. The second kappa shape index (κ2) is 5.79. The fourth-order valence-electron chi connectivity index (χ4n) is 2.78. The third-order valence-corrected chi connectivity index (χ3v) is 6.27. The number of carboxylic acids is 1. The van der Waals surface area contributed by atoms with Crippen molar-refractivity contribution < 1.29 is 18.3 Å². The average Bonchev–Trinajstić information content (AvgIpc) is 3.19. The van der Waals surface area contributed by atoms with Crippen molar-refractivity contribution >= 4 is 16.0 Å². The quantitative estimate of drug-likeness (QED) is 0.807. The Kier molecular flexibility index (Phi) is 4.50. The van der Waals surface area contributed by atoms with E-state index in [1.165, 1.54) is 4.31 Å². The SMILES string of the molecule is CCC1CCN(S(=O)(=O)CCC2CC2)C(C(=O)O)C1. The summed E-state index contributed by atoms with van der Waals surface area (Å²) in [5, 5.41) is 9.27. The predicted molar refractivity (Wildman–Crippen MR) is 72.3 cm³/mol. The zero-order valence-corrected chi connectivity index (χ0v) is 12.2. The Bertz CT molecular complexity index is 430. The van der Waals surface area contributed by atoms with E-state index >= 15 is 0 Å². The summed E-state index contributed by atoms with van der Waals surface area (Å²) in [7, 11) is -3.41. The summed E-state index contributed by atoms with van der Waals surface area (Å²) >= 11 is 0. The molecule has 2 atom stereocenters. The van der Waals surface area contributed by atoms with Gasteiger partial charge in [-0.15, -0.1) is 0 Å². The summed E-state index contributed by atoms with van der Waals surface area (Å²) in [6.07, 6.45) is 5.07. The van der Waals surface area contributed by atoms with Crippen LogP contribution in [0.3, 0.4) is 0 Å². The second-order valence-corrected chi connectivity index (χ2v) is 7.85. The molecule has 19 heavy (non-hydrogen) atoms. The minimum Gasteiger partial charge on any atom is -0.480 e. The first-order valence-electron chi connectivity index (χ1n) is 7.16. The summed E-state index contributed by atoms with van der Waals surface area (Å²) < 4.78 is 25.8. The number of carbonyl (C=O) groups is 1. The fourth-order valence-corrected chi connectivity index (χ4v) is 4.60. The van der Waals surface area contributed by atoms with Gasteiger partial charge in [0.2, 0.25) is 10.0 Å². The zero-order valence-electron chi connectivity index (χ0n) is 11.4. The number of aliphatic carboxylic acids is 1. The van der Waals surface area contributed by atoms with Gasteiger partial charge in [-0.05, 0) is 31.1 Å². The summed E-state index contributed by atoms with van der Waals surface area (Å²) in [5.41, 5.74) is 0. The molecular formula is C13H23NO4S. The van der Waals surface area contributed by atoms with Crippen LogP contribution in [0.1, 0.15) is 45.4 Å². The molecule has 2 rings (SSSR count). The predicted octanol–water partition coefficient (Wildman–Crippen LogP) is 1.69. The van der Waals surface area contributed by atoms with Crippen LogP contribution in [0.4, 0.5) is 0 Å². The molecule has 2 aliphatic rings. The van der Waals surface area contributed by atoms with Crippen molar-refractivity contribution in [1.82, 2.24) is 4.31 Å². The van der Waals surface area contributed by atoms with Crippen molar-refractivity contribution in [2.45, 2.75) is 51.5 Å². The second-order valence-electron chi connectivity index (χ2n) is 5.81. The maximum absolute atomic E-state index is 12.3. The summed E-state index contributed by atoms with van der Waals surface area (Å²) in [6, 6.07) is -0.858. The lowest BCUT2D eigenvalue weighted by Crippen LogP contribution is -2.50. The molecule has 1 saturated carbocycles. The van der Waals surface area contributed by atoms with Gasteiger partial charge in [0.1, 0.15) is 6.04 Å². The molecule has 1 saturated heterocycles. The third kappa shape index (κ3) is 3.69. The van der Waals surface area contributed by atoms with Crippen molar-refractivity contribution in [2.75, 3.05) is 12.3 Å². The minimum absolute atomic E-state index is 0.109. The molecule has 6 heteroatoms. The molecule has 2 fully saturated rings. The van der Waals surface area contributed by atoms with Crippen molar-refractivity contribution in [2.24, 2.45) is 11.8 Å². The van der Waals surface area contributed by atoms with Crippen molar-refractivity contribution in [3.05, 3.63) is 0 Å². The van der Waals surface area contributed by atoms with Gasteiger partial charge in [-0.3, -0.25) is 4.79 Å². The molecule has 0 amide bonds. The van der Waals surface area contributed by atoms with E-state index in [0.717, 1.165) is 25.7 Å². The molecule has 0 aromatic carbocycles. The van der Waals surface area contributed by atoms with E-state index < -0.39 is 22.0 Å². The molecule has 2 unspecified atom stereocenters. The van der Waals surface area contributed by atoms with Gasteiger partial charge in [-0.2, -0.15) is 4.31 Å². The molecule has 1 aliphatic carbocycles. The van der Waals surface area contributed by atoms with E-state index in [9.17, 15) is 18.3 Å². The fraction of sp³-hybridized carbons (Fsp3) is 0.923. The Morgan fingerprint density at radius 2 is 1.95 bits per heavy atom. The largest absolute Gasteiger partial charge is 0.480 e. The van der Waals surface area contributed by atoms with Gasteiger partial charge in [0, 0.05) is 6.54 Å². The highest BCUT2D eigenvalue weighted by atomic mass is 32.2. The van der Waals surface area contributed by atoms with Crippen LogP contribution in [-0.2, 0) is 14.8 Å². The molecule has 1 aliphatic heterocycles.